The minimum absolute atomic E-state index is 0.0701. The quantitative estimate of drug-likeness (QED) is 0.703. The second kappa shape index (κ2) is 7.00. The average Bonchev–Trinajstić information content (AvgIpc) is 3.04. The summed E-state index contributed by atoms with van der Waals surface area (Å²) >= 11 is 5.90. The molecule has 1 aliphatic heterocycles. The number of piperidine rings is 1. The third-order valence-electron chi connectivity index (χ3n) is 4.84. The lowest BCUT2D eigenvalue weighted by Gasteiger charge is -2.32. The van der Waals surface area contributed by atoms with E-state index in [0.29, 0.717) is 23.7 Å². The van der Waals surface area contributed by atoms with E-state index in [0.717, 1.165) is 29.5 Å². The van der Waals surface area contributed by atoms with Crippen LogP contribution in [0.15, 0.2) is 48.7 Å². The van der Waals surface area contributed by atoms with Gasteiger partial charge in [0.15, 0.2) is 0 Å². The molecule has 26 heavy (non-hydrogen) atoms. The van der Waals surface area contributed by atoms with Crippen molar-refractivity contribution in [3.63, 3.8) is 0 Å². The maximum Gasteiger partial charge on any atom is 0.253 e. The lowest BCUT2D eigenvalue weighted by Crippen LogP contribution is -2.41. The van der Waals surface area contributed by atoms with E-state index in [4.69, 9.17) is 16.3 Å². The zero-order valence-electron chi connectivity index (χ0n) is 14.6. The number of benzene rings is 2. The lowest BCUT2D eigenvalue weighted by molar-refractivity contribution is 0.0595. The monoisotopic (exact) mass is 369 g/mol. The number of aryl methyl sites for hydroxylation is 1. The van der Waals surface area contributed by atoms with E-state index in [1.54, 1.807) is 6.20 Å². The van der Waals surface area contributed by atoms with Crippen LogP contribution in [0.3, 0.4) is 0 Å². The molecule has 0 N–H and O–H groups in total. The van der Waals surface area contributed by atoms with Gasteiger partial charge in [0.1, 0.15) is 11.9 Å². The second-order valence-corrected chi connectivity index (χ2v) is 7.04. The van der Waals surface area contributed by atoms with Crippen LogP contribution in [0.1, 0.15) is 23.2 Å². The van der Waals surface area contributed by atoms with Crippen molar-refractivity contribution < 1.29 is 9.53 Å². The molecular weight excluding hydrogens is 350 g/mol. The van der Waals surface area contributed by atoms with Crippen molar-refractivity contribution in [3.8, 4) is 5.75 Å². The zero-order chi connectivity index (χ0) is 18.1. The topological polar surface area (TPSA) is 47.4 Å². The Morgan fingerprint density at radius 1 is 1.15 bits per heavy atom. The maximum absolute atomic E-state index is 12.8. The Morgan fingerprint density at radius 2 is 1.88 bits per heavy atom. The van der Waals surface area contributed by atoms with Crippen LogP contribution >= 0.6 is 11.6 Å². The number of ether oxygens (including phenoxy) is 1. The van der Waals surface area contributed by atoms with Gasteiger partial charge in [-0.15, -0.1) is 0 Å². The number of carbonyl (C=O) groups is 1. The van der Waals surface area contributed by atoms with Crippen molar-refractivity contribution in [3.05, 3.63) is 59.2 Å². The summed E-state index contributed by atoms with van der Waals surface area (Å²) in [5, 5.41) is 5.91. The van der Waals surface area contributed by atoms with Gasteiger partial charge in [-0.2, -0.15) is 5.10 Å². The van der Waals surface area contributed by atoms with E-state index in [1.807, 2.05) is 59.1 Å². The molecule has 4 rings (SSSR count). The third kappa shape index (κ3) is 3.40. The highest BCUT2D eigenvalue weighted by atomic mass is 35.5. The third-order valence-corrected chi connectivity index (χ3v) is 5.09. The summed E-state index contributed by atoms with van der Waals surface area (Å²) in [6.07, 6.45) is 3.56. The molecule has 1 aromatic heterocycles. The molecule has 0 spiro atoms. The first kappa shape index (κ1) is 16.9. The summed E-state index contributed by atoms with van der Waals surface area (Å²) in [7, 11) is 1.90. The Kier molecular flexibility index (Phi) is 4.55. The largest absolute Gasteiger partial charge is 0.490 e. The van der Waals surface area contributed by atoms with E-state index in [9.17, 15) is 4.79 Å². The molecule has 3 aromatic rings. The van der Waals surface area contributed by atoms with E-state index in [-0.39, 0.29) is 12.0 Å². The molecule has 134 valence electrons. The number of hydrogen-bond acceptors (Lipinski definition) is 3. The molecule has 1 amide bonds. The predicted molar refractivity (Wildman–Crippen MR) is 102 cm³/mol. The Labute approximate surface area is 157 Å². The zero-order valence-corrected chi connectivity index (χ0v) is 15.3. The van der Waals surface area contributed by atoms with Gasteiger partial charge in [-0.1, -0.05) is 11.6 Å². The van der Waals surface area contributed by atoms with E-state index >= 15 is 0 Å². The molecule has 1 aliphatic rings. The van der Waals surface area contributed by atoms with Crippen LogP contribution in [0.5, 0.6) is 5.75 Å². The number of nitrogens with zero attached hydrogens (tertiary/aromatic N) is 3. The molecule has 0 saturated carbocycles. The van der Waals surface area contributed by atoms with Gasteiger partial charge in [-0.25, -0.2) is 0 Å². The Hall–Kier alpha value is -2.53. The molecule has 5 nitrogen and oxygen atoms in total. The fourth-order valence-electron chi connectivity index (χ4n) is 3.36. The number of hydrogen-bond donors (Lipinski definition) is 0. The summed E-state index contributed by atoms with van der Waals surface area (Å²) in [6.45, 7) is 1.39. The Bertz CT molecular complexity index is 928. The Morgan fingerprint density at radius 3 is 2.62 bits per heavy atom. The number of fused-ring (bicyclic) bond motifs is 1. The minimum Gasteiger partial charge on any atom is -0.490 e. The van der Waals surface area contributed by atoms with Crippen LogP contribution in [-0.2, 0) is 7.05 Å². The molecule has 0 unspecified atom stereocenters. The molecule has 0 atom stereocenters. The number of amides is 1. The van der Waals surface area contributed by atoms with Crippen molar-refractivity contribution in [2.45, 2.75) is 18.9 Å². The molecule has 2 heterocycles. The van der Waals surface area contributed by atoms with Gasteiger partial charge >= 0.3 is 0 Å². The van der Waals surface area contributed by atoms with Gasteiger partial charge in [0.05, 0.1) is 11.7 Å². The highest BCUT2D eigenvalue weighted by Gasteiger charge is 2.25. The summed E-state index contributed by atoms with van der Waals surface area (Å²) < 4.78 is 7.81. The van der Waals surface area contributed by atoms with E-state index in [2.05, 4.69) is 5.10 Å². The fourth-order valence-corrected chi connectivity index (χ4v) is 3.49. The van der Waals surface area contributed by atoms with Crippen molar-refractivity contribution in [1.29, 1.82) is 0 Å². The van der Waals surface area contributed by atoms with Crippen LogP contribution in [0.4, 0.5) is 0 Å². The van der Waals surface area contributed by atoms with Crippen LogP contribution in [0.2, 0.25) is 5.02 Å². The van der Waals surface area contributed by atoms with Gasteiger partial charge < -0.3 is 9.64 Å². The molecule has 0 radical (unpaired) electrons. The van der Waals surface area contributed by atoms with Crippen molar-refractivity contribution >= 4 is 28.4 Å². The van der Waals surface area contributed by atoms with Gasteiger partial charge in [0.2, 0.25) is 0 Å². The number of carbonyl (C=O) groups excluding carboxylic acids is 1. The lowest BCUT2D eigenvalue weighted by atomic mass is 10.1. The summed E-state index contributed by atoms with van der Waals surface area (Å²) in [4.78, 5) is 14.7. The average molecular weight is 370 g/mol. The van der Waals surface area contributed by atoms with Crippen molar-refractivity contribution in [2.24, 2.45) is 7.05 Å². The summed E-state index contributed by atoms with van der Waals surface area (Å²) in [6, 6.07) is 13.1. The minimum atomic E-state index is 0.0701. The number of aromatic nitrogens is 2. The van der Waals surface area contributed by atoms with Crippen LogP contribution < -0.4 is 4.74 Å². The molecule has 1 fully saturated rings. The molecule has 1 saturated heterocycles. The molecule has 2 aromatic carbocycles. The molecule has 0 aliphatic carbocycles. The van der Waals surface area contributed by atoms with E-state index < -0.39 is 0 Å². The first-order valence-corrected chi connectivity index (χ1v) is 9.11. The first-order chi connectivity index (χ1) is 12.6. The van der Waals surface area contributed by atoms with Gasteiger partial charge in [0.25, 0.3) is 5.91 Å². The standard InChI is InChI=1S/C20H20ClN3O2/c1-23-19-7-2-14(12-15(19)13-22-23)20(25)24-10-8-18(9-11-24)26-17-5-3-16(21)4-6-17/h2-7,12-13,18H,8-11H2,1H3. The molecule has 6 heteroatoms. The fraction of sp³-hybridized carbons (Fsp3) is 0.300. The van der Waals surface area contributed by atoms with Crippen LogP contribution in [0, 0.1) is 0 Å². The number of rotatable bonds is 3. The smallest absolute Gasteiger partial charge is 0.253 e. The second-order valence-electron chi connectivity index (χ2n) is 6.61. The molecular formula is C20H20ClN3O2. The highest BCUT2D eigenvalue weighted by Crippen LogP contribution is 2.23. The number of halogens is 1. The molecule has 0 bridgehead atoms. The SMILES string of the molecule is Cn1ncc2cc(C(=O)N3CCC(Oc4ccc(Cl)cc4)CC3)ccc21. The van der Waals surface area contributed by atoms with Crippen molar-refractivity contribution in [2.75, 3.05) is 13.1 Å². The van der Waals surface area contributed by atoms with Gasteiger partial charge in [0, 0.05) is 49.0 Å². The highest BCUT2D eigenvalue weighted by molar-refractivity contribution is 6.30. The normalized spacial score (nSPS) is 15.4. The Balaban J connectivity index is 1.38. The van der Waals surface area contributed by atoms with Crippen LogP contribution in [0.25, 0.3) is 10.9 Å². The predicted octanol–water partition coefficient (Wildman–Crippen LogP) is 3.91. The van der Waals surface area contributed by atoms with Gasteiger partial charge in [-0.05, 0) is 42.5 Å². The van der Waals surface area contributed by atoms with Gasteiger partial charge in [-0.3, -0.25) is 9.48 Å². The van der Waals surface area contributed by atoms with E-state index in [1.165, 1.54) is 0 Å². The summed E-state index contributed by atoms with van der Waals surface area (Å²) in [5.74, 6) is 0.891. The van der Waals surface area contributed by atoms with Crippen molar-refractivity contribution in [1.82, 2.24) is 14.7 Å². The first-order valence-electron chi connectivity index (χ1n) is 8.73. The number of likely N-dealkylation sites (tertiary alicyclic amines) is 1. The maximum atomic E-state index is 12.8. The summed E-state index contributed by atoms with van der Waals surface area (Å²) in [5.41, 5.74) is 1.74. The van der Waals surface area contributed by atoms with Crippen LogP contribution in [-0.4, -0.2) is 39.8 Å².